The van der Waals surface area contributed by atoms with E-state index in [2.05, 4.69) is 32.6 Å². The van der Waals surface area contributed by atoms with Gasteiger partial charge in [-0.1, -0.05) is 33.8 Å². The zero-order chi connectivity index (χ0) is 24.3. The molecule has 0 N–H and O–H groups in total. The smallest absolute Gasteiger partial charge is 0.311 e. The minimum atomic E-state index is -0.588. The lowest BCUT2D eigenvalue weighted by molar-refractivity contribution is -0.385. The third-order valence-corrected chi connectivity index (χ3v) is 7.07. The summed E-state index contributed by atoms with van der Waals surface area (Å²) in [6.07, 6.45) is 2.23. The maximum atomic E-state index is 13.6. The number of ketones is 2. The largest absolute Gasteiger partial charge is 0.490 e. The molecule has 1 aromatic carbocycles. The summed E-state index contributed by atoms with van der Waals surface area (Å²) < 4.78 is 5.19. The number of nitro benzene ring substituents is 1. The van der Waals surface area contributed by atoms with Gasteiger partial charge in [-0.25, -0.2) is 0 Å². The van der Waals surface area contributed by atoms with E-state index in [4.69, 9.17) is 4.74 Å². The summed E-state index contributed by atoms with van der Waals surface area (Å²) >= 11 is 0. The molecule has 1 aliphatic heterocycles. The molecule has 2 aliphatic carbocycles. The second kappa shape index (κ2) is 7.82. The van der Waals surface area contributed by atoms with Crippen molar-refractivity contribution in [3.63, 3.8) is 0 Å². The molecule has 1 heterocycles. The number of methoxy groups -OCH3 is 1. The van der Waals surface area contributed by atoms with Crippen molar-refractivity contribution in [3.05, 3.63) is 56.4 Å². The van der Waals surface area contributed by atoms with Gasteiger partial charge in [0.05, 0.1) is 12.0 Å². The van der Waals surface area contributed by atoms with E-state index < -0.39 is 10.8 Å². The normalized spacial score (nSPS) is 22.3. The van der Waals surface area contributed by atoms with E-state index in [-0.39, 0.29) is 33.8 Å². The van der Waals surface area contributed by atoms with Crippen LogP contribution in [0.2, 0.25) is 0 Å². The van der Waals surface area contributed by atoms with Crippen LogP contribution in [-0.2, 0) is 9.59 Å². The predicted molar refractivity (Wildman–Crippen MR) is 125 cm³/mol. The third-order valence-electron chi connectivity index (χ3n) is 7.07. The highest BCUT2D eigenvalue weighted by Gasteiger charge is 2.48. The number of ether oxygens (including phenoxy) is 1. The first-order valence-electron chi connectivity index (χ1n) is 11.5. The number of hydrogen-bond donors (Lipinski definition) is 0. The molecule has 7 nitrogen and oxygen atoms in total. The number of allylic oxidation sites excluding steroid dienone is 4. The van der Waals surface area contributed by atoms with Crippen LogP contribution in [0, 0.1) is 20.9 Å². The number of carbonyl (C=O) groups is 2. The molecule has 0 saturated heterocycles. The lowest BCUT2D eigenvalue weighted by atomic mass is 9.63. The van der Waals surface area contributed by atoms with E-state index in [0.29, 0.717) is 36.1 Å². The quantitative estimate of drug-likeness (QED) is 0.454. The SMILES string of the molecule is CCN1C2=C(C(=O)CC(C)(C)C2)C(c2ccc(OC)c([N+](=O)[O-])c2)C2=C1CC(C)(C)CC2=O. The molecule has 176 valence electrons. The van der Waals surface area contributed by atoms with Gasteiger partial charge in [0.15, 0.2) is 17.3 Å². The summed E-state index contributed by atoms with van der Waals surface area (Å²) in [4.78, 5) is 40.6. The van der Waals surface area contributed by atoms with E-state index >= 15 is 0 Å². The molecule has 0 spiro atoms. The van der Waals surface area contributed by atoms with E-state index in [1.54, 1.807) is 12.1 Å². The molecule has 7 heteroatoms. The van der Waals surface area contributed by atoms with Gasteiger partial charge in [-0.3, -0.25) is 19.7 Å². The van der Waals surface area contributed by atoms with Gasteiger partial charge in [-0.15, -0.1) is 0 Å². The molecule has 0 amide bonds. The van der Waals surface area contributed by atoms with Crippen LogP contribution in [-0.4, -0.2) is 35.0 Å². The van der Waals surface area contributed by atoms with Crippen LogP contribution in [0.4, 0.5) is 5.69 Å². The lowest BCUT2D eigenvalue weighted by Crippen LogP contribution is -2.44. The number of carbonyl (C=O) groups excluding carboxylic acids is 2. The molecule has 0 radical (unpaired) electrons. The Kier molecular flexibility index (Phi) is 5.50. The highest BCUT2D eigenvalue weighted by Crippen LogP contribution is 2.54. The molecule has 0 aromatic heterocycles. The topological polar surface area (TPSA) is 89.8 Å². The summed E-state index contributed by atoms with van der Waals surface area (Å²) in [6.45, 7) is 11.1. The van der Waals surface area contributed by atoms with Gasteiger partial charge in [-0.2, -0.15) is 0 Å². The molecule has 3 aliphatic rings. The van der Waals surface area contributed by atoms with Gasteiger partial charge in [0.25, 0.3) is 0 Å². The number of hydrogen-bond acceptors (Lipinski definition) is 6. The van der Waals surface area contributed by atoms with Crippen LogP contribution in [0.1, 0.15) is 71.8 Å². The first-order chi connectivity index (χ1) is 15.4. The Balaban J connectivity index is 2.01. The minimum Gasteiger partial charge on any atom is -0.490 e. The highest BCUT2D eigenvalue weighted by atomic mass is 16.6. The van der Waals surface area contributed by atoms with Crippen LogP contribution < -0.4 is 4.74 Å². The zero-order valence-corrected chi connectivity index (χ0v) is 20.3. The maximum Gasteiger partial charge on any atom is 0.311 e. The number of benzene rings is 1. The van der Waals surface area contributed by atoms with Crippen molar-refractivity contribution in [2.75, 3.05) is 13.7 Å². The molecule has 0 unspecified atom stereocenters. The van der Waals surface area contributed by atoms with Crippen molar-refractivity contribution in [1.82, 2.24) is 4.90 Å². The lowest BCUT2D eigenvalue weighted by Gasteiger charge is -2.48. The molecule has 0 bridgehead atoms. The van der Waals surface area contributed by atoms with E-state index in [1.165, 1.54) is 13.2 Å². The Morgan fingerprint density at radius 2 is 1.52 bits per heavy atom. The first-order valence-corrected chi connectivity index (χ1v) is 11.5. The molecule has 33 heavy (non-hydrogen) atoms. The van der Waals surface area contributed by atoms with Crippen LogP contribution in [0.25, 0.3) is 0 Å². The Hall–Kier alpha value is -2.96. The Morgan fingerprint density at radius 1 is 1.00 bits per heavy atom. The van der Waals surface area contributed by atoms with E-state index in [9.17, 15) is 19.7 Å². The van der Waals surface area contributed by atoms with Crippen molar-refractivity contribution in [2.24, 2.45) is 10.8 Å². The van der Waals surface area contributed by atoms with Crippen LogP contribution in [0.15, 0.2) is 40.7 Å². The zero-order valence-electron chi connectivity index (χ0n) is 20.3. The summed E-state index contributed by atoms with van der Waals surface area (Å²) in [5, 5.41) is 11.7. The number of rotatable bonds is 4. The summed E-state index contributed by atoms with van der Waals surface area (Å²) in [5.41, 5.74) is 3.24. The molecule has 0 saturated carbocycles. The van der Waals surface area contributed by atoms with Crippen molar-refractivity contribution in [1.29, 1.82) is 0 Å². The van der Waals surface area contributed by atoms with Gasteiger partial charge >= 0.3 is 5.69 Å². The van der Waals surface area contributed by atoms with Crippen molar-refractivity contribution < 1.29 is 19.2 Å². The molecule has 1 aromatic rings. The fraction of sp³-hybridized carbons (Fsp3) is 0.538. The average molecular weight is 453 g/mol. The van der Waals surface area contributed by atoms with E-state index in [1.807, 2.05) is 6.92 Å². The summed E-state index contributed by atoms with van der Waals surface area (Å²) in [7, 11) is 1.39. The standard InChI is InChI=1S/C26H32N2O5/c1-7-27-17-11-25(2,3)13-19(29)23(17)22(24-18(27)12-26(4,5)14-20(24)30)15-8-9-21(33-6)16(10-15)28(31)32/h8-10,22H,7,11-14H2,1-6H3. The summed E-state index contributed by atoms with van der Waals surface area (Å²) in [5.74, 6) is -0.389. The number of Topliss-reactive ketones (excluding diaryl/α,β-unsaturated/α-hetero) is 2. The highest BCUT2D eigenvalue weighted by molar-refractivity contribution is 6.06. The van der Waals surface area contributed by atoms with Gasteiger partial charge in [-0.05, 0) is 42.2 Å². The van der Waals surface area contributed by atoms with Crippen LogP contribution in [0.3, 0.4) is 0 Å². The van der Waals surface area contributed by atoms with Crippen molar-refractivity contribution in [3.8, 4) is 5.75 Å². The van der Waals surface area contributed by atoms with Gasteiger partial charge in [0.2, 0.25) is 0 Å². The van der Waals surface area contributed by atoms with Gasteiger partial charge < -0.3 is 9.64 Å². The maximum absolute atomic E-state index is 13.6. The first kappa shape index (κ1) is 23.2. The van der Waals surface area contributed by atoms with Crippen molar-refractivity contribution >= 4 is 17.3 Å². The molecule has 4 rings (SSSR count). The average Bonchev–Trinajstić information content (AvgIpc) is 2.70. The monoisotopic (exact) mass is 452 g/mol. The minimum absolute atomic E-state index is 0.0207. The fourth-order valence-electron chi connectivity index (χ4n) is 5.79. The second-order valence-electron chi connectivity index (χ2n) is 11.0. The Morgan fingerprint density at radius 3 is 1.94 bits per heavy atom. The van der Waals surface area contributed by atoms with Gasteiger partial charge in [0, 0.05) is 53.9 Å². The summed E-state index contributed by atoms with van der Waals surface area (Å²) in [6, 6.07) is 4.79. The fourth-order valence-corrected chi connectivity index (χ4v) is 5.79. The van der Waals surface area contributed by atoms with E-state index in [0.717, 1.165) is 24.2 Å². The van der Waals surface area contributed by atoms with Gasteiger partial charge in [0.1, 0.15) is 0 Å². The van der Waals surface area contributed by atoms with Crippen LogP contribution >= 0.6 is 0 Å². The predicted octanol–water partition coefficient (Wildman–Crippen LogP) is 5.31. The molecule has 0 fully saturated rings. The van der Waals surface area contributed by atoms with Crippen molar-refractivity contribution in [2.45, 2.75) is 66.2 Å². The number of nitro groups is 1. The van der Waals surface area contributed by atoms with Crippen LogP contribution in [0.5, 0.6) is 5.75 Å². The third kappa shape index (κ3) is 3.87. The Labute approximate surface area is 194 Å². The Bertz CT molecular complexity index is 1070. The molecule has 0 atom stereocenters. The second-order valence-corrected chi connectivity index (χ2v) is 11.0. The molecular weight excluding hydrogens is 420 g/mol. The molecular formula is C26H32N2O5. The number of nitrogens with zero attached hydrogens (tertiary/aromatic N) is 2.